The molecule has 3 nitrogen and oxygen atoms in total. The summed E-state index contributed by atoms with van der Waals surface area (Å²) in [6.07, 6.45) is 5.31. The predicted molar refractivity (Wildman–Crippen MR) is 68.6 cm³/mol. The molecule has 2 atom stereocenters. The van der Waals surface area contributed by atoms with E-state index < -0.39 is 0 Å². The van der Waals surface area contributed by atoms with Crippen molar-refractivity contribution in [2.45, 2.75) is 45.6 Å². The van der Waals surface area contributed by atoms with Crippen LogP contribution in [0.15, 0.2) is 0 Å². The molecule has 0 aromatic carbocycles. The van der Waals surface area contributed by atoms with Crippen molar-refractivity contribution in [3.63, 3.8) is 0 Å². The van der Waals surface area contributed by atoms with E-state index in [1.807, 2.05) is 0 Å². The van der Waals surface area contributed by atoms with Gasteiger partial charge in [-0.3, -0.25) is 0 Å². The van der Waals surface area contributed by atoms with Gasteiger partial charge in [-0.15, -0.1) is 0 Å². The quantitative estimate of drug-likeness (QED) is 0.692. The standard InChI is InChI=1S/C13H28N2O/c1-3-5-6-12-9-13(14-7-8-16)11-15(4-2)10-12/h12-14,16H,3-11H2,1-2H3. The molecule has 0 amide bonds. The number of piperidine rings is 1. The van der Waals surface area contributed by atoms with E-state index in [1.54, 1.807) is 0 Å². The lowest BCUT2D eigenvalue weighted by atomic mass is 9.90. The summed E-state index contributed by atoms with van der Waals surface area (Å²) < 4.78 is 0. The fourth-order valence-corrected chi connectivity index (χ4v) is 2.68. The molecule has 0 aromatic rings. The van der Waals surface area contributed by atoms with E-state index >= 15 is 0 Å². The zero-order chi connectivity index (χ0) is 11.8. The molecule has 1 saturated heterocycles. The minimum absolute atomic E-state index is 0.252. The molecule has 0 aliphatic carbocycles. The minimum atomic E-state index is 0.252. The number of likely N-dealkylation sites (tertiary alicyclic amines) is 1. The van der Waals surface area contributed by atoms with Gasteiger partial charge in [-0.2, -0.15) is 0 Å². The van der Waals surface area contributed by atoms with E-state index in [2.05, 4.69) is 24.1 Å². The van der Waals surface area contributed by atoms with Gasteiger partial charge in [0.2, 0.25) is 0 Å². The van der Waals surface area contributed by atoms with E-state index in [0.717, 1.165) is 25.6 Å². The second-order valence-electron chi connectivity index (χ2n) is 4.97. The van der Waals surface area contributed by atoms with Crippen LogP contribution in [0.25, 0.3) is 0 Å². The lowest BCUT2D eigenvalue weighted by Crippen LogP contribution is -2.49. The SMILES string of the molecule is CCCCC1CC(NCCO)CN(CC)C1. The summed E-state index contributed by atoms with van der Waals surface area (Å²) in [6, 6.07) is 0.586. The normalized spacial score (nSPS) is 27.2. The van der Waals surface area contributed by atoms with Crippen molar-refractivity contribution in [3.8, 4) is 0 Å². The zero-order valence-electron chi connectivity index (χ0n) is 10.9. The summed E-state index contributed by atoms with van der Waals surface area (Å²) in [7, 11) is 0. The molecular formula is C13H28N2O. The molecule has 1 heterocycles. The van der Waals surface area contributed by atoms with Crippen LogP contribution < -0.4 is 5.32 Å². The van der Waals surface area contributed by atoms with Gasteiger partial charge in [0.05, 0.1) is 6.61 Å². The van der Waals surface area contributed by atoms with Gasteiger partial charge < -0.3 is 15.3 Å². The van der Waals surface area contributed by atoms with Gasteiger partial charge in [-0.05, 0) is 25.3 Å². The Hall–Kier alpha value is -0.120. The third kappa shape index (κ3) is 4.81. The highest BCUT2D eigenvalue weighted by molar-refractivity contribution is 4.82. The number of nitrogens with one attached hydrogen (secondary N) is 1. The van der Waals surface area contributed by atoms with E-state index in [4.69, 9.17) is 5.11 Å². The lowest BCUT2D eigenvalue weighted by molar-refractivity contribution is 0.136. The summed E-state index contributed by atoms with van der Waals surface area (Å²) in [5, 5.41) is 12.3. The van der Waals surface area contributed by atoms with Gasteiger partial charge in [0, 0.05) is 25.7 Å². The molecule has 16 heavy (non-hydrogen) atoms. The van der Waals surface area contributed by atoms with Crippen molar-refractivity contribution in [2.75, 3.05) is 32.8 Å². The maximum atomic E-state index is 8.85. The predicted octanol–water partition coefficient (Wildman–Crippen LogP) is 1.47. The zero-order valence-corrected chi connectivity index (χ0v) is 10.9. The highest BCUT2D eigenvalue weighted by atomic mass is 16.3. The third-order valence-corrected chi connectivity index (χ3v) is 3.57. The van der Waals surface area contributed by atoms with E-state index in [0.29, 0.717) is 6.04 Å². The maximum Gasteiger partial charge on any atom is 0.0556 e. The summed E-state index contributed by atoms with van der Waals surface area (Å²) in [6.45, 7) is 9.07. The molecule has 1 rings (SSSR count). The average Bonchev–Trinajstić information content (AvgIpc) is 2.33. The smallest absolute Gasteiger partial charge is 0.0556 e. The van der Waals surface area contributed by atoms with Gasteiger partial charge in [0.25, 0.3) is 0 Å². The van der Waals surface area contributed by atoms with Crippen LogP contribution in [0.2, 0.25) is 0 Å². The molecule has 1 aliphatic rings. The minimum Gasteiger partial charge on any atom is -0.395 e. The molecule has 0 aromatic heterocycles. The number of aliphatic hydroxyl groups excluding tert-OH is 1. The largest absolute Gasteiger partial charge is 0.395 e. The molecule has 2 N–H and O–H groups in total. The van der Waals surface area contributed by atoms with Crippen LogP contribution in [-0.4, -0.2) is 48.8 Å². The number of likely N-dealkylation sites (N-methyl/N-ethyl adjacent to an activating group) is 1. The van der Waals surface area contributed by atoms with E-state index in [9.17, 15) is 0 Å². The van der Waals surface area contributed by atoms with Crippen molar-refractivity contribution in [1.29, 1.82) is 0 Å². The Morgan fingerprint density at radius 3 is 2.75 bits per heavy atom. The first kappa shape index (κ1) is 13.9. The molecule has 0 spiro atoms. The van der Waals surface area contributed by atoms with Gasteiger partial charge >= 0.3 is 0 Å². The fraction of sp³-hybridized carbons (Fsp3) is 1.00. The Morgan fingerprint density at radius 2 is 2.12 bits per heavy atom. The van der Waals surface area contributed by atoms with Crippen LogP contribution in [0.1, 0.15) is 39.5 Å². The van der Waals surface area contributed by atoms with E-state index in [1.165, 1.54) is 32.2 Å². The number of nitrogens with zero attached hydrogens (tertiary/aromatic N) is 1. The number of aliphatic hydroxyl groups is 1. The molecule has 96 valence electrons. The first-order valence-electron chi connectivity index (χ1n) is 6.86. The van der Waals surface area contributed by atoms with Crippen LogP contribution in [0.5, 0.6) is 0 Å². The van der Waals surface area contributed by atoms with Crippen LogP contribution in [0.4, 0.5) is 0 Å². The summed E-state index contributed by atoms with van der Waals surface area (Å²) >= 11 is 0. The summed E-state index contributed by atoms with van der Waals surface area (Å²) in [5.41, 5.74) is 0. The Balaban J connectivity index is 2.34. The summed E-state index contributed by atoms with van der Waals surface area (Å²) in [5.74, 6) is 0.852. The highest BCUT2D eigenvalue weighted by Crippen LogP contribution is 2.21. The Morgan fingerprint density at radius 1 is 1.31 bits per heavy atom. The Bertz CT molecular complexity index is 159. The van der Waals surface area contributed by atoms with Gasteiger partial charge in [0.1, 0.15) is 0 Å². The third-order valence-electron chi connectivity index (χ3n) is 3.57. The van der Waals surface area contributed by atoms with Crippen molar-refractivity contribution >= 4 is 0 Å². The van der Waals surface area contributed by atoms with Crippen molar-refractivity contribution < 1.29 is 5.11 Å². The number of hydrogen-bond acceptors (Lipinski definition) is 3. The van der Waals surface area contributed by atoms with Crippen LogP contribution in [0.3, 0.4) is 0 Å². The topological polar surface area (TPSA) is 35.5 Å². The highest BCUT2D eigenvalue weighted by Gasteiger charge is 2.25. The van der Waals surface area contributed by atoms with Crippen LogP contribution in [0, 0.1) is 5.92 Å². The number of rotatable bonds is 7. The molecule has 0 saturated carbocycles. The van der Waals surface area contributed by atoms with E-state index in [-0.39, 0.29) is 6.61 Å². The van der Waals surface area contributed by atoms with Gasteiger partial charge in [-0.25, -0.2) is 0 Å². The monoisotopic (exact) mass is 228 g/mol. The second kappa shape index (κ2) is 8.04. The van der Waals surface area contributed by atoms with Gasteiger partial charge in [0.15, 0.2) is 0 Å². The van der Waals surface area contributed by atoms with Gasteiger partial charge in [-0.1, -0.05) is 26.7 Å². The molecule has 2 unspecified atom stereocenters. The molecule has 0 radical (unpaired) electrons. The maximum absolute atomic E-state index is 8.85. The molecule has 1 fully saturated rings. The Kier molecular flexibility index (Phi) is 7.01. The van der Waals surface area contributed by atoms with Crippen LogP contribution in [-0.2, 0) is 0 Å². The number of hydrogen-bond donors (Lipinski definition) is 2. The van der Waals surface area contributed by atoms with Crippen molar-refractivity contribution in [3.05, 3.63) is 0 Å². The first-order valence-corrected chi connectivity index (χ1v) is 6.86. The van der Waals surface area contributed by atoms with Crippen molar-refractivity contribution in [2.24, 2.45) is 5.92 Å². The second-order valence-corrected chi connectivity index (χ2v) is 4.97. The molecule has 1 aliphatic heterocycles. The molecule has 0 bridgehead atoms. The van der Waals surface area contributed by atoms with Crippen molar-refractivity contribution in [1.82, 2.24) is 10.2 Å². The molecule has 3 heteroatoms. The number of unbranched alkanes of at least 4 members (excludes halogenated alkanes) is 1. The summed E-state index contributed by atoms with van der Waals surface area (Å²) in [4.78, 5) is 2.54. The molecular weight excluding hydrogens is 200 g/mol. The average molecular weight is 228 g/mol. The lowest BCUT2D eigenvalue weighted by Gasteiger charge is -2.37. The first-order chi connectivity index (χ1) is 7.80. The Labute approximate surface area is 100 Å². The fourth-order valence-electron chi connectivity index (χ4n) is 2.68. The van der Waals surface area contributed by atoms with Crippen LogP contribution >= 0.6 is 0 Å².